The van der Waals surface area contributed by atoms with Gasteiger partial charge in [0.1, 0.15) is 5.01 Å². The van der Waals surface area contributed by atoms with Gasteiger partial charge in [-0.3, -0.25) is 0 Å². The summed E-state index contributed by atoms with van der Waals surface area (Å²) >= 11 is 1.78. The molecule has 0 amide bonds. The molecular weight excluding hydrogens is 649 g/mol. The highest BCUT2D eigenvalue weighted by Gasteiger charge is 2.48. The standard InChI is InChI=1S/C49H38N2S/c1-48(2)37-26-16-14-24-35(37)42-41(32-28-29-39-40(30-32)52-47(50-39)31-18-8-5-9-19-31)43-36-25-15-17-27-38(36)49(3,4)45(43)46(44(42)48)51(33-20-10-6-11-21-33)34-22-12-7-13-23-34/h5-30H,1-4H3. The Morgan fingerprint density at radius 1 is 0.481 bits per heavy atom. The largest absolute Gasteiger partial charge is 0.310 e. The Kier molecular flexibility index (Phi) is 6.78. The molecule has 0 aliphatic heterocycles. The van der Waals surface area contributed by atoms with Crippen LogP contribution in [0.3, 0.4) is 0 Å². The quantitative estimate of drug-likeness (QED) is 0.179. The molecule has 7 aromatic carbocycles. The second-order valence-electron chi connectivity index (χ2n) is 15.1. The van der Waals surface area contributed by atoms with Crippen molar-refractivity contribution in [1.82, 2.24) is 4.98 Å². The highest BCUT2D eigenvalue weighted by atomic mass is 32.1. The Balaban J connectivity index is 1.38. The van der Waals surface area contributed by atoms with Crippen LogP contribution in [-0.4, -0.2) is 4.98 Å². The molecule has 250 valence electrons. The lowest BCUT2D eigenvalue weighted by molar-refractivity contribution is 0.640. The van der Waals surface area contributed by atoms with Gasteiger partial charge in [-0.05, 0) is 92.0 Å². The number of fused-ring (bicyclic) bond motifs is 7. The normalized spacial score (nSPS) is 14.5. The molecule has 0 spiro atoms. The number of rotatable bonds is 5. The molecule has 0 atom stereocenters. The molecule has 0 saturated heterocycles. The fraction of sp³-hybridized carbons (Fsp3) is 0.122. The average molecular weight is 687 g/mol. The Morgan fingerprint density at radius 3 is 1.50 bits per heavy atom. The van der Waals surface area contributed by atoms with Crippen molar-refractivity contribution in [2.75, 3.05) is 4.90 Å². The summed E-state index contributed by atoms with van der Waals surface area (Å²) < 4.78 is 1.20. The van der Waals surface area contributed by atoms with Crippen LogP contribution in [0.1, 0.15) is 49.9 Å². The number of para-hydroxylation sites is 2. The Morgan fingerprint density at radius 2 is 0.962 bits per heavy atom. The third-order valence-electron chi connectivity index (χ3n) is 11.4. The lowest BCUT2D eigenvalue weighted by Gasteiger charge is -2.38. The molecule has 0 saturated carbocycles. The van der Waals surface area contributed by atoms with E-state index in [0.717, 1.165) is 27.5 Å². The second-order valence-corrected chi connectivity index (χ2v) is 16.2. The molecule has 0 fully saturated rings. The van der Waals surface area contributed by atoms with Crippen molar-refractivity contribution in [2.45, 2.75) is 38.5 Å². The van der Waals surface area contributed by atoms with Crippen LogP contribution in [0, 0.1) is 0 Å². The van der Waals surface area contributed by atoms with Crippen molar-refractivity contribution in [1.29, 1.82) is 0 Å². The lowest BCUT2D eigenvalue weighted by Crippen LogP contribution is -2.26. The highest BCUT2D eigenvalue weighted by molar-refractivity contribution is 7.21. The first kappa shape index (κ1) is 31.0. The maximum Gasteiger partial charge on any atom is 0.124 e. The number of thiazole rings is 1. The van der Waals surface area contributed by atoms with E-state index in [0.29, 0.717) is 0 Å². The van der Waals surface area contributed by atoms with Crippen molar-refractivity contribution >= 4 is 38.6 Å². The number of benzene rings is 7. The third-order valence-corrected chi connectivity index (χ3v) is 12.5. The van der Waals surface area contributed by atoms with Gasteiger partial charge in [-0.2, -0.15) is 0 Å². The molecule has 0 bridgehead atoms. The summed E-state index contributed by atoms with van der Waals surface area (Å²) in [5, 5.41) is 1.05. The van der Waals surface area contributed by atoms with Crippen LogP contribution in [0.15, 0.2) is 158 Å². The molecule has 8 aromatic rings. The van der Waals surface area contributed by atoms with Crippen LogP contribution in [0.4, 0.5) is 17.1 Å². The van der Waals surface area contributed by atoms with Crippen molar-refractivity contribution in [2.24, 2.45) is 0 Å². The minimum atomic E-state index is -0.271. The van der Waals surface area contributed by atoms with Gasteiger partial charge in [0.15, 0.2) is 0 Å². The minimum Gasteiger partial charge on any atom is -0.310 e. The van der Waals surface area contributed by atoms with Crippen molar-refractivity contribution < 1.29 is 0 Å². The predicted octanol–water partition coefficient (Wildman–Crippen LogP) is 13.7. The summed E-state index contributed by atoms with van der Waals surface area (Å²) in [6.45, 7) is 9.72. The van der Waals surface area contributed by atoms with Gasteiger partial charge in [0.25, 0.3) is 0 Å². The maximum atomic E-state index is 5.10. The number of anilines is 3. The van der Waals surface area contributed by atoms with Gasteiger partial charge in [0.05, 0.1) is 15.9 Å². The minimum absolute atomic E-state index is 0.271. The van der Waals surface area contributed by atoms with E-state index in [1.165, 1.54) is 66.0 Å². The predicted molar refractivity (Wildman–Crippen MR) is 220 cm³/mol. The zero-order valence-corrected chi connectivity index (χ0v) is 30.6. The molecule has 1 heterocycles. The molecule has 0 unspecified atom stereocenters. The van der Waals surface area contributed by atoms with Crippen molar-refractivity contribution in [3.8, 4) is 44.0 Å². The van der Waals surface area contributed by atoms with E-state index in [1.54, 1.807) is 11.3 Å². The van der Waals surface area contributed by atoms with E-state index in [2.05, 4.69) is 190 Å². The highest BCUT2D eigenvalue weighted by Crippen LogP contribution is 2.66. The van der Waals surface area contributed by atoms with Crippen LogP contribution in [0.25, 0.3) is 54.2 Å². The van der Waals surface area contributed by atoms with Gasteiger partial charge in [0.2, 0.25) is 0 Å². The molecule has 2 aliphatic carbocycles. The molecule has 2 nitrogen and oxygen atoms in total. The first-order chi connectivity index (χ1) is 25.3. The van der Waals surface area contributed by atoms with E-state index in [4.69, 9.17) is 4.98 Å². The summed E-state index contributed by atoms with van der Waals surface area (Å²) in [6.07, 6.45) is 0. The van der Waals surface area contributed by atoms with Gasteiger partial charge in [-0.25, -0.2) is 4.98 Å². The zero-order valence-electron chi connectivity index (χ0n) is 29.8. The fourth-order valence-corrected chi connectivity index (χ4v) is 10.1. The van der Waals surface area contributed by atoms with Gasteiger partial charge in [0, 0.05) is 27.8 Å². The summed E-state index contributed by atoms with van der Waals surface area (Å²) in [5.41, 5.74) is 18.6. The Hall–Kier alpha value is -5.77. The third kappa shape index (κ3) is 4.39. The number of hydrogen-bond donors (Lipinski definition) is 0. The first-order valence-corrected chi connectivity index (χ1v) is 19.0. The van der Waals surface area contributed by atoms with Crippen LogP contribution in [0.2, 0.25) is 0 Å². The Labute approximate surface area is 309 Å². The van der Waals surface area contributed by atoms with Crippen LogP contribution in [-0.2, 0) is 10.8 Å². The van der Waals surface area contributed by atoms with Gasteiger partial charge >= 0.3 is 0 Å². The number of nitrogens with zero attached hydrogens (tertiary/aromatic N) is 2. The van der Waals surface area contributed by atoms with Gasteiger partial charge in [-0.15, -0.1) is 11.3 Å². The molecule has 1 aromatic heterocycles. The zero-order chi connectivity index (χ0) is 35.2. The van der Waals surface area contributed by atoms with Gasteiger partial charge in [-0.1, -0.05) is 149 Å². The van der Waals surface area contributed by atoms with E-state index in [-0.39, 0.29) is 10.8 Å². The summed E-state index contributed by atoms with van der Waals surface area (Å²) in [5.74, 6) is 0. The molecule has 2 aliphatic rings. The summed E-state index contributed by atoms with van der Waals surface area (Å²) in [6, 6.07) is 57.6. The lowest BCUT2D eigenvalue weighted by atomic mass is 9.73. The van der Waals surface area contributed by atoms with Crippen LogP contribution in [0.5, 0.6) is 0 Å². The fourth-order valence-electron chi connectivity index (χ4n) is 9.11. The molecule has 0 radical (unpaired) electrons. The monoisotopic (exact) mass is 686 g/mol. The van der Waals surface area contributed by atoms with Crippen molar-refractivity contribution in [3.05, 3.63) is 180 Å². The van der Waals surface area contributed by atoms with E-state index < -0.39 is 0 Å². The van der Waals surface area contributed by atoms with E-state index >= 15 is 0 Å². The maximum absolute atomic E-state index is 5.10. The number of aromatic nitrogens is 1. The smallest absolute Gasteiger partial charge is 0.124 e. The summed E-state index contributed by atoms with van der Waals surface area (Å²) in [4.78, 5) is 7.64. The van der Waals surface area contributed by atoms with E-state index in [9.17, 15) is 0 Å². The van der Waals surface area contributed by atoms with Crippen molar-refractivity contribution in [3.63, 3.8) is 0 Å². The first-order valence-electron chi connectivity index (χ1n) is 18.2. The SMILES string of the molecule is CC1(C)c2ccccc2-c2c(-c3ccc4nc(-c5ccccc5)sc4c3)c3c(c(N(c4ccccc4)c4ccccc4)c21)C(C)(C)c1ccccc1-3. The molecule has 3 heteroatoms. The molecule has 10 rings (SSSR count). The molecular formula is C49H38N2S. The summed E-state index contributed by atoms with van der Waals surface area (Å²) in [7, 11) is 0. The second kappa shape index (κ2) is 11.4. The number of hydrogen-bond acceptors (Lipinski definition) is 3. The topological polar surface area (TPSA) is 16.1 Å². The molecule has 0 N–H and O–H groups in total. The van der Waals surface area contributed by atoms with Gasteiger partial charge < -0.3 is 4.90 Å². The van der Waals surface area contributed by atoms with Crippen LogP contribution < -0.4 is 4.90 Å². The Bertz CT molecular complexity index is 2540. The molecule has 52 heavy (non-hydrogen) atoms. The van der Waals surface area contributed by atoms with Crippen LogP contribution >= 0.6 is 11.3 Å². The average Bonchev–Trinajstić information content (AvgIpc) is 3.79. The van der Waals surface area contributed by atoms with E-state index in [1.807, 2.05) is 0 Å².